The van der Waals surface area contributed by atoms with Crippen molar-refractivity contribution in [3.63, 3.8) is 0 Å². The van der Waals surface area contributed by atoms with E-state index < -0.39 is 0 Å². The lowest BCUT2D eigenvalue weighted by Gasteiger charge is -2.34. The maximum Gasteiger partial charge on any atom is 0.0582 e. The summed E-state index contributed by atoms with van der Waals surface area (Å²) in [5, 5.41) is 5.01. The van der Waals surface area contributed by atoms with Crippen molar-refractivity contribution < 1.29 is 0 Å². The highest BCUT2D eigenvalue weighted by atomic mass is 15.1. The van der Waals surface area contributed by atoms with Gasteiger partial charge in [0.2, 0.25) is 0 Å². The van der Waals surface area contributed by atoms with E-state index in [0.29, 0.717) is 0 Å². The third-order valence-corrected chi connectivity index (χ3v) is 9.74. The first kappa shape index (κ1) is 25.9. The zero-order chi connectivity index (χ0) is 30.1. The Bertz CT molecular complexity index is 2410. The van der Waals surface area contributed by atoms with Crippen LogP contribution in [0, 0.1) is 0 Å². The molecular weight excluding hydrogens is 544 g/mol. The number of anilines is 3. The van der Waals surface area contributed by atoms with E-state index in [-0.39, 0.29) is 5.41 Å². The minimum absolute atomic E-state index is 0.0871. The minimum Gasteiger partial charge on any atom is -0.310 e. The van der Waals surface area contributed by atoms with Gasteiger partial charge in [-0.1, -0.05) is 129 Å². The van der Waals surface area contributed by atoms with Gasteiger partial charge < -0.3 is 9.47 Å². The van der Waals surface area contributed by atoms with Crippen LogP contribution in [0.2, 0.25) is 0 Å². The first-order valence-corrected chi connectivity index (χ1v) is 15.7. The Kier molecular flexibility index (Phi) is 5.58. The number of benzene rings is 7. The maximum absolute atomic E-state index is 2.49. The summed E-state index contributed by atoms with van der Waals surface area (Å²) in [5.41, 5.74) is 12.3. The molecule has 0 spiro atoms. The average Bonchev–Trinajstić information content (AvgIpc) is 3.42. The third-order valence-electron chi connectivity index (χ3n) is 9.74. The average molecular weight is 577 g/mol. The molecule has 8 aromatic rings. The highest BCUT2D eigenvalue weighted by molar-refractivity contribution is 6.13. The zero-order valence-electron chi connectivity index (χ0n) is 25.4. The van der Waals surface area contributed by atoms with Crippen LogP contribution in [0.4, 0.5) is 17.1 Å². The Morgan fingerprint density at radius 3 is 2.07 bits per heavy atom. The number of aromatic nitrogens is 1. The number of hydrogen-bond donors (Lipinski definition) is 0. The second-order valence-corrected chi connectivity index (χ2v) is 12.6. The Hall–Kier alpha value is -5.60. The molecule has 0 saturated carbocycles. The molecular formula is C43H32N2. The summed E-state index contributed by atoms with van der Waals surface area (Å²) in [7, 11) is 0. The van der Waals surface area contributed by atoms with Crippen LogP contribution in [0.3, 0.4) is 0 Å². The van der Waals surface area contributed by atoms with Crippen molar-refractivity contribution in [2.24, 2.45) is 0 Å². The molecule has 1 aliphatic rings. The second-order valence-electron chi connectivity index (χ2n) is 12.6. The van der Waals surface area contributed by atoms with E-state index in [1.165, 1.54) is 60.5 Å². The second kappa shape index (κ2) is 9.70. The van der Waals surface area contributed by atoms with Crippen molar-refractivity contribution in [2.75, 3.05) is 4.90 Å². The summed E-state index contributed by atoms with van der Waals surface area (Å²) < 4.78 is 2.49. The van der Waals surface area contributed by atoms with Gasteiger partial charge in [-0.3, -0.25) is 0 Å². The van der Waals surface area contributed by atoms with Gasteiger partial charge in [0.1, 0.15) is 0 Å². The molecule has 2 heteroatoms. The highest BCUT2D eigenvalue weighted by Crippen LogP contribution is 2.49. The molecule has 0 unspecified atom stereocenters. The molecule has 7 aromatic carbocycles. The molecule has 0 atom stereocenters. The predicted octanol–water partition coefficient (Wildman–Crippen LogP) is 11.7. The Morgan fingerprint density at radius 1 is 0.489 bits per heavy atom. The van der Waals surface area contributed by atoms with Crippen LogP contribution >= 0.6 is 0 Å². The lowest BCUT2D eigenvalue weighted by molar-refractivity contribution is 0.630. The lowest BCUT2D eigenvalue weighted by atomic mass is 9.75. The topological polar surface area (TPSA) is 8.17 Å². The number of fused-ring (bicyclic) bond motifs is 6. The minimum atomic E-state index is -0.0871. The molecule has 9 rings (SSSR count). The summed E-state index contributed by atoms with van der Waals surface area (Å²) in [5.74, 6) is 0. The van der Waals surface area contributed by atoms with Crippen molar-refractivity contribution >= 4 is 49.6 Å². The van der Waals surface area contributed by atoms with E-state index in [0.717, 1.165) is 17.1 Å². The number of nitrogens with zero attached hydrogens (tertiary/aromatic N) is 2. The number of rotatable bonds is 4. The maximum atomic E-state index is 2.49. The monoisotopic (exact) mass is 576 g/mol. The quantitative estimate of drug-likeness (QED) is 0.202. The first-order chi connectivity index (χ1) is 22.1. The van der Waals surface area contributed by atoms with E-state index in [9.17, 15) is 0 Å². The van der Waals surface area contributed by atoms with E-state index >= 15 is 0 Å². The van der Waals surface area contributed by atoms with Gasteiger partial charge in [-0.2, -0.15) is 0 Å². The Balaban J connectivity index is 1.33. The molecule has 0 radical (unpaired) electrons. The molecule has 0 aliphatic carbocycles. The van der Waals surface area contributed by atoms with Crippen LogP contribution in [0.25, 0.3) is 49.4 Å². The molecule has 214 valence electrons. The SMILES string of the molecule is CC1(C)c2ccccc2-n2c3ccc(N(c4cccc(-c5ccccc5)c4)c4cccc5ccccc45)cc3c3cccc1c32. The molecule has 0 bridgehead atoms. The van der Waals surface area contributed by atoms with Gasteiger partial charge in [0.15, 0.2) is 0 Å². The van der Waals surface area contributed by atoms with Crippen molar-refractivity contribution in [1.29, 1.82) is 0 Å². The molecule has 1 aliphatic heterocycles. The normalized spacial score (nSPS) is 13.3. The first-order valence-electron chi connectivity index (χ1n) is 15.7. The Morgan fingerprint density at radius 2 is 1.16 bits per heavy atom. The van der Waals surface area contributed by atoms with Gasteiger partial charge in [0, 0.05) is 32.9 Å². The van der Waals surface area contributed by atoms with Crippen LogP contribution in [0.1, 0.15) is 25.0 Å². The van der Waals surface area contributed by atoms with Crippen LogP contribution in [0.5, 0.6) is 0 Å². The molecule has 0 amide bonds. The van der Waals surface area contributed by atoms with Crippen LogP contribution in [-0.2, 0) is 5.41 Å². The summed E-state index contributed by atoms with van der Waals surface area (Å²) in [4.78, 5) is 2.43. The van der Waals surface area contributed by atoms with Crippen LogP contribution in [0.15, 0.2) is 158 Å². The van der Waals surface area contributed by atoms with Gasteiger partial charge in [0.05, 0.1) is 22.4 Å². The third kappa shape index (κ3) is 3.82. The van der Waals surface area contributed by atoms with Gasteiger partial charge in [-0.25, -0.2) is 0 Å². The molecule has 45 heavy (non-hydrogen) atoms. The molecule has 0 N–H and O–H groups in total. The van der Waals surface area contributed by atoms with Gasteiger partial charge >= 0.3 is 0 Å². The van der Waals surface area contributed by atoms with Crippen LogP contribution in [-0.4, -0.2) is 4.57 Å². The molecule has 2 heterocycles. The summed E-state index contributed by atoms with van der Waals surface area (Å²) >= 11 is 0. The fraction of sp³-hybridized carbons (Fsp3) is 0.0698. The molecule has 2 nitrogen and oxygen atoms in total. The molecule has 0 saturated heterocycles. The van der Waals surface area contributed by atoms with Crippen molar-refractivity contribution in [1.82, 2.24) is 4.57 Å². The standard InChI is InChI=1S/C43H32N2/c1-43(2)37-21-8-9-23-41(37)45-40-26-25-33(28-36(40)35-20-12-22-38(43)42(35)45)44(39-24-11-16-30-15-6-7-19-34(30)39)32-18-10-17-31(27-32)29-13-4-3-5-14-29/h3-28H,1-2H3. The van der Waals surface area contributed by atoms with E-state index in [4.69, 9.17) is 0 Å². The molecule has 0 fully saturated rings. The van der Waals surface area contributed by atoms with E-state index in [2.05, 4.69) is 181 Å². The van der Waals surface area contributed by atoms with Gasteiger partial charge in [-0.05, 0) is 70.1 Å². The van der Waals surface area contributed by atoms with E-state index in [1.54, 1.807) is 0 Å². The van der Waals surface area contributed by atoms with Gasteiger partial charge in [0.25, 0.3) is 0 Å². The molecule has 1 aromatic heterocycles. The summed E-state index contributed by atoms with van der Waals surface area (Å²) in [6.07, 6.45) is 0. The summed E-state index contributed by atoms with van der Waals surface area (Å²) in [6, 6.07) is 57.6. The highest BCUT2D eigenvalue weighted by Gasteiger charge is 2.34. The zero-order valence-corrected chi connectivity index (χ0v) is 25.4. The summed E-state index contributed by atoms with van der Waals surface area (Å²) in [6.45, 7) is 4.71. The van der Waals surface area contributed by atoms with Gasteiger partial charge in [-0.15, -0.1) is 0 Å². The van der Waals surface area contributed by atoms with Crippen molar-refractivity contribution in [2.45, 2.75) is 19.3 Å². The fourth-order valence-electron chi connectivity index (χ4n) is 7.58. The number of para-hydroxylation sites is 2. The predicted molar refractivity (Wildman–Crippen MR) is 191 cm³/mol. The van der Waals surface area contributed by atoms with Crippen LogP contribution < -0.4 is 4.90 Å². The van der Waals surface area contributed by atoms with Crippen molar-refractivity contribution in [3.05, 3.63) is 169 Å². The van der Waals surface area contributed by atoms with Crippen molar-refractivity contribution in [3.8, 4) is 16.8 Å². The number of hydrogen-bond acceptors (Lipinski definition) is 1. The largest absolute Gasteiger partial charge is 0.310 e. The fourth-order valence-corrected chi connectivity index (χ4v) is 7.58. The van der Waals surface area contributed by atoms with E-state index in [1.807, 2.05) is 0 Å². The lowest BCUT2D eigenvalue weighted by Crippen LogP contribution is -2.26. The Labute approximate surface area is 263 Å². The smallest absolute Gasteiger partial charge is 0.0582 e.